The Hall–Kier alpha value is -10.6. The third-order valence-electron chi connectivity index (χ3n) is 19.7. The van der Waals surface area contributed by atoms with Gasteiger partial charge in [-0.1, -0.05) is 225 Å². The normalized spacial score (nSPS) is 15.0. The van der Waals surface area contributed by atoms with E-state index in [0.717, 1.165) is 105 Å². The minimum absolute atomic E-state index is 0.00481. The fourth-order valence-electron chi connectivity index (χ4n) is 15.3. The van der Waals surface area contributed by atoms with Gasteiger partial charge in [0.1, 0.15) is 11.5 Å². The van der Waals surface area contributed by atoms with Crippen molar-refractivity contribution in [3.05, 3.63) is 299 Å². The van der Waals surface area contributed by atoms with E-state index in [-0.39, 0.29) is 50.1 Å². The molecule has 0 unspecified atom stereocenters. The van der Waals surface area contributed by atoms with Crippen molar-refractivity contribution >= 4 is 83.8 Å². The van der Waals surface area contributed by atoms with Gasteiger partial charge in [-0.05, 0) is 169 Å². The van der Waals surface area contributed by atoms with Gasteiger partial charge in [0.25, 0.3) is 0 Å². The van der Waals surface area contributed by atoms with Crippen LogP contribution in [0.25, 0.3) is 77.2 Å². The SMILES string of the molecule is [2H]c1c([2H])c([2H])c2c(c1[2H])c1c([2H])c([2H])c([2H])c([2H])c1n2-c1ccc2c(c1)C1(c3ccccc3Oc3ccccc31)c1cc(-c3cc(C(C)(C)C)cc(C(C)(C)C)c3)cc3c1B2c1ccc(-n2c4ccccc4c4cc(C#N)ccc42)cc1N3c1ccc(C(C)(C)C)cc1-c1ccccc1. The molecule has 0 N–H and O–H groups in total. The van der Waals surface area contributed by atoms with Crippen LogP contribution in [0.5, 0.6) is 11.5 Å². The molecule has 14 aromatic rings. The molecule has 0 saturated carbocycles. The quantitative estimate of drug-likeness (QED) is 0.161. The Kier molecular flexibility index (Phi) is 10.3. The molecule has 6 heteroatoms. The number of ether oxygens (including phenoxy) is 1. The summed E-state index contributed by atoms with van der Waals surface area (Å²) in [6.45, 7) is 19.9. The molecule has 0 aliphatic carbocycles. The van der Waals surface area contributed by atoms with Crippen molar-refractivity contribution in [3.63, 3.8) is 0 Å². The van der Waals surface area contributed by atoms with E-state index >= 15 is 0 Å². The van der Waals surface area contributed by atoms with Gasteiger partial charge in [-0.2, -0.15) is 5.26 Å². The fourth-order valence-corrected chi connectivity index (χ4v) is 15.3. The van der Waals surface area contributed by atoms with Gasteiger partial charge in [-0.3, -0.25) is 0 Å². The van der Waals surface area contributed by atoms with Crippen molar-refractivity contribution in [2.75, 3.05) is 4.90 Å². The standard InChI is InChI=1S/C86H69BN4O/c1-83(2,3)57-36-42-76(65(49-57)54-23-11-10-12-24-54)91-78-51-61(90-75-32-20-15-27-64(75)66-43-53(52-88)35-41-77(66)90)38-40-72(78)87-71-39-37-60(89-73-30-18-13-25-62(73)63-26-14-19-31-74(63)89)50-69(71)86(67-28-16-21-33-80(67)92-81-34-22-17-29-68(81)86)70-46-56(47-79(91)82(70)87)55-44-58(84(4,5)6)48-59(45-55)85(7,8)9/h10-51H,1-9H3/i13D,14D,18D,19D,25D,26D,30D,31D. The van der Waals surface area contributed by atoms with Gasteiger partial charge in [0.15, 0.2) is 0 Å². The van der Waals surface area contributed by atoms with E-state index in [2.05, 4.69) is 236 Å². The number of hydrogen-bond donors (Lipinski definition) is 0. The molecule has 3 aliphatic rings. The molecule has 0 atom stereocenters. The van der Waals surface area contributed by atoms with Crippen molar-refractivity contribution in [1.82, 2.24) is 9.13 Å². The summed E-state index contributed by atoms with van der Waals surface area (Å²) in [5.74, 6) is 1.30. The predicted molar refractivity (Wildman–Crippen MR) is 385 cm³/mol. The molecule has 0 amide bonds. The van der Waals surface area contributed by atoms with Crippen LogP contribution in [0, 0.1) is 11.3 Å². The maximum absolute atomic E-state index is 10.3. The lowest BCUT2D eigenvalue weighted by Crippen LogP contribution is -2.65. The Morgan fingerprint density at radius 1 is 0.413 bits per heavy atom. The highest BCUT2D eigenvalue weighted by Gasteiger charge is 2.55. The molecule has 92 heavy (non-hydrogen) atoms. The van der Waals surface area contributed by atoms with Crippen molar-refractivity contribution in [3.8, 4) is 51.2 Å². The number of nitriles is 1. The number of rotatable bonds is 5. The molecular weight excluding hydrogens is 1120 g/mol. The third-order valence-corrected chi connectivity index (χ3v) is 19.7. The predicted octanol–water partition coefficient (Wildman–Crippen LogP) is 20.1. The van der Waals surface area contributed by atoms with Crippen LogP contribution in [0.2, 0.25) is 0 Å². The second-order valence-corrected chi connectivity index (χ2v) is 28.2. The van der Waals surface area contributed by atoms with E-state index in [4.69, 9.17) is 7.48 Å². The van der Waals surface area contributed by atoms with Gasteiger partial charge in [-0.15, -0.1) is 0 Å². The summed E-state index contributed by atoms with van der Waals surface area (Å²) in [5, 5.41) is 12.3. The summed E-state index contributed by atoms with van der Waals surface area (Å²) in [6, 6.07) is 72.4. The first-order valence-corrected chi connectivity index (χ1v) is 31.7. The average molecular weight is 1190 g/mol. The Bertz CT molecular complexity index is 5830. The number of anilines is 3. The van der Waals surface area contributed by atoms with Crippen LogP contribution >= 0.6 is 0 Å². The average Bonchev–Trinajstić information content (AvgIpc) is 0.773. The largest absolute Gasteiger partial charge is 0.457 e. The molecule has 0 bridgehead atoms. The lowest BCUT2D eigenvalue weighted by atomic mass is 9.29. The zero-order chi connectivity index (χ0) is 69.7. The van der Waals surface area contributed by atoms with Gasteiger partial charge in [-0.25, -0.2) is 0 Å². The number of para-hydroxylation sites is 5. The highest BCUT2D eigenvalue weighted by atomic mass is 16.5. The molecular formula is C86H69BN4O. The molecule has 0 fully saturated rings. The first-order chi connectivity index (χ1) is 47.8. The zero-order valence-electron chi connectivity index (χ0n) is 60.9. The van der Waals surface area contributed by atoms with E-state index in [0.29, 0.717) is 22.7 Å². The van der Waals surface area contributed by atoms with Gasteiger partial charge >= 0.3 is 0 Å². The molecule has 442 valence electrons. The van der Waals surface area contributed by atoms with Gasteiger partial charge < -0.3 is 18.8 Å². The molecule has 1 spiro atoms. The molecule has 2 aromatic heterocycles. The first kappa shape index (κ1) is 47.4. The monoisotopic (exact) mass is 1190 g/mol. The Morgan fingerprint density at radius 3 is 1.65 bits per heavy atom. The van der Waals surface area contributed by atoms with Crippen LogP contribution in [-0.4, -0.2) is 15.8 Å². The van der Waals surface area contributed by atoms with Gasteiger partial charge in [0, 0.05) is 61.0 Å². The van der Waals surface area contributed by atoms with Crippen LogP contribution in [-0.2, 0) is 21.7 Å². The lowest BCUT2D eigenvalue weighted by Gasteiger charge is -2.50. The number of aromatic nitrogens is 2. The van der Waals surface area contributed by atoms with E-state index in [1.807, 2.05) is 48.5 Å². The second kappa shape index (κ2) is 19.9. The number of benzene rings is 12. The molecule has 0 radical (unpaired) electrons. The summed E-state index contributed by atoms with van der Waals surface area (Å²) in [4.78, 5) is 2.52. The lowest BCUT2D eigenvalue weighted by molar-refractivity contribution is 0.435. The molecule has 0 saturated heterocycles. The fraction of sp³-hybridized carbons (Fsp3) is 0.151. The van der Waals surface area contributed by atoms with Gasteiger partial charge in [0.05, 0.1) is 55.8 Å². The number of fused-ring (bicyclic) bond motifs is 16. The summed E-state index contributed by atoms with van der Waals surface area (Å²) in [7, 11) is 0. The van der Waals surface area contributed by atoms with Crippen molar-refractivity contribution in [1.29, 1.82) is 5.26 Å². The van der Waals surface area contributed by atoms with E-state index < -0.39 is 48.4 Å². The van der Waals surface area contributed by atoms with Crippen LogP contribution in [0.3, 0.4) is 0 Å². The smallest absolute Gasteiger partial charge is 0.247 e. The van der Waals surface area contributed by atoms with Crippen molar-refractivity contribution in [2.24, 2.45) is 0 Å². The van der Waals surface area contributed by atoms with Crippen LogP contribution in [0.4, 0.5) is 17.1 Å². The maximum atomic E-state index is 10.3. The molecule has 5 heterocycles. The first-order valence-electron chi connectivity index (χ1n) is 35.7. The number of nitrogens with zero attached hydrogens (tertiary/aromatic N) is 4. The third kappa shape index (κ3) is 8.17. The summed E-state index contributed by atoms with van der Waals surface area (Å²) in [6.07, 6.45) is 0. The van der Waals surface area contributed by atoms with Crippen molar-refractivity contribution < 1.29 is 15.7 Å². The Morgan fingerprint density at radius 2 is 0.989 bits per heavy atom. The second-order valence-electron chi connectivity index (χ2n) is 28.2. The summed E-state index contributed by atoms with van der Waals surface area (Å²) in [5.41, 5.74) is 19.1. The molecule has 17 rings (SSSR count). The molecule has 5 nitrogen and oxygen atoms in total. The highest BCUT2D eigenvalue weighted by molar-refractivity contribution is 6.99. The summed E-state index contributed by atoms with van der Waals surface area (Å²) < 4.78 is 86.1. The number of hydrogen-bond acceptors (Lipinski definition) is 3. The molecule has 3 aliphatic heterocycles. The van der Waals surface area contributed by atoms with Crippen molar-refractivity contribution in [2.45, 2.75) is 84.0 Å². The Balaban J connectivity index is 1.09. The van der Waals surface area contributed by atoms with E-state index in [1.54, 1.807) is 4.57 Å². The minimum Gasteiger partial charge on any atom is -0.457 e. The van der Waals surface area contributed by atoms with E-state index in [9.17, 15) is 13.5 Å². The van der Waals surface area contributed by atoms with Crippen LogP contribution in [0.15, 0.2) is 255 Å². The van der Waals surface area contributed by atoms with Gasteiger partial charge in [0.2, 0.25) is 6.71 Å². The highest BCUT2D eigenvalue weighted by Crippen LogP contribution is 2.59. The topological polar surface area (TPSA) is 46.1 Å². The van der Waals surface area contributed by atoms with Crippen LogP contribution in [0.1, 0.15) is 118 Å². The molecule has 12 aromatic carbocycles. The minimum atomic E-state index is -1.24. The summed E-state index contributed by atoms with van der Waals surface area (Å²) >= 11 is 0. The maximum Gasteiger partial charge on any atom is 0.247 e. The van der Waals surface area contributed by atoms with E-state index in [1.165, 1.54) is 16.7 Å². The zero-order valence-corrected chi connectivity index (χ0v) is 52.9. The Labute approximate surface area is 550 Å². The van der Waals surface area contributed by atoms with Crippen LogP contribution < -0.4 is 26.0 Å².